The summed E-state index contributed by atoms with van der Waals surface area (Å²) in [7, 11) is 1.56. The topological polar surface area (TPSA) is 47.3 Å². The van der Waals surface area contributed by atoms with Crippen LogP contribution in [0.3, 0.4) is 0 Å². The monoisotopic (exact) mass is 286 g/mol. The summed E-state index contributed by atoms with van der Waals surface area (Å²) >= 11 is 0. The van der Waals surface area contributed by atoms with Crippen LogP contribution in [-0.4, -0.2) is 25.2 Å². The minimum absolute atomic E-state index is 0.0510. The first kappa shape index (κ1) is 14.5. The summed E-state index contributed by atoms with van der Waals surface area (Å²) in [5.41, 5.74) is -0.0852. The van der Waals surface area contributed by atoms with Gasteiger partial charge in [0.1, 0.15) is 23.1 Å². The van der Waals surface area contributed by atoms with E-state index in [-0.39, 0.29) is 12.3 Å². The molecule has 4 nitrogen and oxygen atoms in total. The largest absolute Gasteiger partial charge is 0.443 e. The van der Waals surface area contributed by atoms with Gasteiger partial charge in [0.2, 0.25) is 0 Å². The first-order chi connectivity index (χ1) is 9.63. The first-order valence-electron chi connectivity index (χ1n) is 5.90. The number of nitrogens with zero attached hydrogens (tertiary/aromatic N) is 1. The molecular weight excluding hydrogens is 273 g/mol. The molecule has 0 saturated heterocycles. The summed E-state index contributed by atoms with van der Waals surface area (Å²) < 4.78 is 50.1. The van der Waals surface area contributed by atoms with Crippen molar-refractivity contribution in [3.8, 4) is 11.3 Å². The normalized spacial score (nSPS) is 11.0. The third-order valence-electron chi connectivity index (χ3n) is 2.65. The maximum Gasteiger partial charge on any atom is 0.181 e. The van der Waals surface area contributed by atoms with Crippen molar-refractivity contribution < 1.29 is 22.3 Å². The number of oxazole rings is 1. The Morgan fingerprint density at radius 1 is 1.25 bits per heavy atom. The van der Waals surface area contributed by atoms with Gasteiger partial charge in [-0.1, -0.05) is 0 Å². The third-order valence-corrected chi connectivity index (χ3v) is 2.65. The molecule has 0 aliphatic carbocycles. The molecule has 0 spiro atoms. The van der Waals surface area contributed by atoms with E-state index in [0.717, 1.165) is 6.39 Å². The van der Waals surface area contributed by atoms with Gasteiger partial charge in [-0.15, -0.1) is 0 Å². The average Bonchev–Trinajstić information content (AvgIpc) is 2.82. The van der Waals surface area contributed by atoms with E-state index >= 15 is 0 Å². The van der Waals surface area contributed by atoms with Crippen LogP contribution in [0.15, 0.2) is 22.9 Å². The van der Waals surface area contributed by atoms with Crippen molar-refractivity contribution in [1.29, 1.82) is 0 Å². The van der Waals surface area contributed by atoms with Crippen LogP contribution in [0, 0.1) is 17.5 Å². The number of aromatic nitrogens is 1. The second-order valence-electron chi connectivity index (χ2n) is 4.04. The zero-order valence-electron chi connectivity index (χ0n) is 10.8. The number of ether oxygens (including phenoxy) is 1. The lowest BCUT2D eigenvalue weighted by Crippen LogP contribution is -2.19. The summed E-state index contributed by atoms with van der Waals surface area (Å²) in [6, 6.07) is 1.20. The zero-order valence-corrected chi connectivity index (χ0v) is 10.8. The van der Waals surface area contributed by atoms with Gasteiger partial charge < -0.3 is 14.5 Å². The first-order valence-corrected chi connectivity index (χ1v) is 5.90. The second kappa shape index (κ2) is 6.53. The van der Waals surface area contributed by atoms with Crippen molar-refractivity contribution in [3.63, 3.8) is 0 Å². The number of methoxy groups -OCH3 is 1. The molecule has 2 rings (SSSR count). The minimum Gasteiger partial charge on any atom is -0.443 e. The van der Waals surface area contributed by atoms with E-state index in [1.807, 2.05) is 0 Å². The lowest BCUT2D eigenvalue weighted by atomic mass is 10.1. The van der Waals surface area contributed by atoms with Crippen LogP contribution in [0.2, 0.25) is 0 Å². The summed E-state index contributed by atoms with van der Waals surface area (Å²) in [6.07, 6.45) is 1.09. The fourth-order valence-electron chi connectivity index (χ4n) is 1.74. The van der Waals surface area contributed by atoms with Gasteiger partial charge in [0.05, 0.1) is 12.2 Å². The molecule has 1 aromatic carbocycles. The fraction of sp³-hybridized carbons (Fsp3) is 0.308. The number of hydrogen-bond acceptors (Lipinski definition) is 4. The highest BCUT2D eigenvalue weighted by atomic mass is 19.1. The van der Waals surface area contributed by atoms with Gasteiger partial charge in [0.15, 0.2) is 12.2 Å². The standard InChI is InChI=1S/C13H13F3N2O2/c1-19-3-2-17-6-11-13(20-7-18-11)12-9(15)4-8(14)5-10(12)16/h4-5,7,17H,2-3,6H2,1H3. The smallest absolute Gasteiger partial charge is 0.181 e. The average molecular weight is 286 g/mol. The Morgan fingerprint density at radius 2 is 1.95 bits per heavy atom. The molecule has 0 saturated carbocycles. The fourth-order valence-corrected chi connectivity index (χ4v) is 1.74. The molecule has 0 radical (unpaired) electrons. The predicted molar refractivity (Wildman–Crippen MR) is 65.4 cm³/mol. The highest BCUT2D eigenvalue weighted by Crippen LogP contribution is 2.29. The molecule has 0 atom stereocenters. The predicted octanol–water partition coefficient (Wildman–Crippen LogP) is 2.49. The Labute approximate surface area is 113 Å². The summed E-state index contributed by atoms with van der Waals surface area (Å²) in [6.45, 7) is 1.30. The Bertz CT molecular complexity index is 564. The van der Waals surface area contributed by atoms with Gasteiger partial charge in [-0.25, -0.2) is 18.2 Å². The van der Waals surface area contributed by atoms with Crippen molar-refractivity contribution >= 4 is 0 Å². The number of hydrogen-bond donors (Lipinski definition) is 1. The molecule has 0 aliphatic heterocycles. The van der Waals surface area contributed by atoms with Gasteiger partial charge in [0, 0.05) is 32.3 Å². The van der Waals surface area contributed by atoms with Crippen LogP contribution < -0.4 is 5.32 Å². The van der Waals surface area contributed by atoms with E-state index in [0.29, 0.717) is 31.0 Å². The van der Waals surface area contributed by atoms with E-state index in [2.05, 4.69) is 10.3 Å². The van der Waals surface area contributed by atoms with Crippen LogP contribution in [0.1, 0.15) is 5.69 Å². The lowest BCUT2D eigenvalue weighted by Gasteiger charge is -2.06. The molecule has 2 aromatic rings. The molecule has 0 fully saturated rings. The number of benzene rings is 1. The van der Waals surface area contributed by atoms with Crippen LogP contribution in [0.4, 0.5) is 13.2 Å². The molecule has 20 heavy (non-hydrogen) atoms. The maximum atomic E-state index is 13.7. The summed E-state index contributed by atoms with van der Waals surface area (Å²) in [4.78, 5) is 3.90. The summed E-state index contributed by atoms with van der Waals surface area (Å²) in [5, 5.41) is 2.98. The van der Waals surface area contributed by atoms with Crippen molar-refractivity contribution in [2.75, 3.05) is 20.3 Å². The van der Waals surface area contributed by atoms with Crippen molar-refractivity contribution in [2.45, 2.75) is 6.54 Å². The molecule has 108 valence electrons. The molecule has 0 amide bonds. The van der Waals surface area contributed by atoms with Crippen LogP contribution in [0.25, 0.3) is 11.3 Å². The van der Waals surface area contributed by atoms with Gasteiger partial charge in [-0.2, -0.15) is 0 Å². The van der Waals surface area contributed by atoms with Crippen molar-refractivity contribution in [3.05, 3.63) is 41.7 Å². The zero-order chi connectivity index (χ0) is 14.5. The van der Waals surface area contributed by atoms with Crippen molar-refractivity contribution in [2.24, 2.45) is 0 Å². The molecule has 0 unspecified atom stereocenters. The Kier molecular flexibility index (Phi) is 4.75. The second-order valence-corrected chi connectivity index (χ2v) is 4.04. The van der Waals surface area contributed by atoms with Crippen LogP contribution in [-0.2, 0) is 11.3 Å². The van der Waals surface area contributed by atoms with E-state index in [4.69, 9.17) is 9.15 Å². The number of rotatable bonds is 6. The Morgan fingerprint density at radius 3 is 2.60 bits per heavy atom. The van der Waals surface area contributed by atoms with Gasteiger partial charge in [-0.3, -0.25) is 0 Å². The molecule has 0 bridgehead atoms. The number of nitrogens with one attached hydrogen (secondary N) is 1. The quantitative estimate of drug-likeness (QED) is 0.829. The van der Waals surface area contributed by atoms with E-state index in [1.54, 1.807) is 7.11 Å². The number of halogens is 3. The molecular formula is C13H13F3N2O2. The SMILES string of the molecule is COCCNCc1ncoc1-c1c(F)cc(F)cc1F. The van der Waals surface area contributed by atoms with Crippen LogP contribution >= 0.6 is 0 Å². The van der Waals surface area contributed by atoms with Gasteiger partial charge in [-0.05, 0) is 0 Å². The van der Waals surface area contributed by atoms with E-state index in [9.17, 15) is 13.2 Å². The highest BCUT2D eigenvalue weighted by Gasteiger charge is 2.20. The lowest BCUT2D eigenvalue weighted by molar-refractivity contribution is 0.199. The minimum atomic E-state index is -1.03. The molecule has 0 aliphatic rings. The Balaban J connectivity index is 2.24. The Hall–Kier alpha value is -1.86. The van der Waals surface area contributed by atoms with Crippen molar-refractivity contribution in [1.82, 2.24) is 10.3 Å². The molecule has 7 heteroatoms. The van der Waals surface area contributed by atoms with Gasteiger partial charge in [0.25, 0.3) is 0 Å². The maximum absolute atomic E-state index is 13.7. The van der Waals surface area contributed by atoms with Crippen LogP contribution in [0.5, 0.6) is 0 Å². The molecule has 1 heterocycles. The van der Waals surface area contributed by atoms with E-state index < -0.39 is 23.0 Å². The molecule has 1 aromatic heterocycles. The van der Waals surface area contributed by atoms with Gasteiger partial charge >= 0.3 is 0 Å². The third kappa shape index (κ3) is 3.17. The van der Waals surface area contributed by atoms with E-state index in [1.165, 1.54) is 0 Å². The summed E-state index contributed by atoms with van der Waals surface area (Å²) in [5.74, 6) is -3.09. The molecule has 1 N–H and O–H groups in total. The highest BCUT2D eigenvalue weighted by molar-refractivity contribution is 5.61.